The molecular formula is C16H14FN. The highest BCUT2D eigenvalue weighted by Crippen LogP contribution is 2.30. The molecule has 0 spiro atoms. The number of rotatable bonds is 1. The van der Waals surface area contributed by atoms with Gasteiger partial charge >= 0.3 is 0 Å². The van der Waals surface area contributed by atoms with Crippen LogP contribution in [0.2, 0.25) is 0 Å². The lowest BCUT2D eigenvalue weighted by atomic mass is 10.0. The minimum atomic E-state index is 0.618. The Balaban J connectivity index is 2.28. The topological polar surface area (TPSA) is 4.93 Å². The molecule has 0 bridgehead atoms. The number of hydrogen-bond acceptors (Lipinski definition) is 0. The molecule has 18 heavy (non-hydrogen) atoms. The molecule has 1 aromatic heterocycles. The Labute approximate surface area is 105 Å². The second-order valence-electron chi connectivity index (χ2n) is 4.69. The summed E-state index contributed by atoms with van der Waals surface area (Å²) in [5, 5.41) is 0.926. The van der Waals surface area contributed by atoms with E-state index in [1.54, 1.807) is 6.07 Å². The maximum atomic E-state index is 14.3. The van der Waals surface area contributed by atoms with E-state index in [0.29, 0.717) is 11.2 Å². The van der Waals surface area contributed by atoms with Crippen molar-refractivity contribution in [2.45, 2.75) is 13.8 Å². The third kappa shape index (κ3) is 1.61. The Morgan fingerprint density at radius 1 is 0.944 bits per heavy atom. The molecule has 0 amide bonds. The normalized spacial score (nSPS) is 11.1. The third-order valence-electron chi connectivity index (χ3n) is 3.31. The predicted octanol–water partition coefficient (Wildman–Crippen LogP) is 4.66. The number of benzene rings is 2. The highest BCUT2D eigenvalue weighted by molar-refractivity contribution is 5.87. The van der Waals surface area contributed by atoms with Crippen molar-refractivity contribution in [2.75, 3.05) is 0 Å². The van der Waals surface area contributed by atoms with Crippen LogP contribution in [0.15, 0.2) is 48.5 Å². The first-order chi connectivity index (χ1) is 8.66. The molecule has 0 fully saturated rings. The molecule has 1 heterocycles. The highest BCUT2D eigenvalue weighted by atomic mass is 19.2. The van der Waals surface area contributed by atoms with Crippen molar-refractivity contribution < 1.29 is 4.48 Å². The first-order valence-corrected chi connectivity index (χ1v) is 6.01. The fourth-order valence-corrected chi connectivity index (χ4v) is 2.41. The van der Waals surface area contributed by atoms with Crippen LogP contribution >= 0.6 is 0 Å². The van der Waals surface area contributed by atoms with Crippen LogP contribution in [0.3, 0.4) is 0 Å². The zero-order chi connectivity index (χ0) is 12.7. The molecule has 0 aliphatic rings. The average molecular weight is 239 g/mol. The third-order valence-corrected chi connectivity index (χ3v) is 3.31. The molecule has 1 nitrogen and oxygen atoms in total. The van der Waals surface area contributed by atoms with Gasteiger partial charge in [-0.3, -0.25) is 0 Å². The van der Waals surface area contributed by atoms with E-state index in [4.69, 9.17) is 0 Å². The molecule has 0 aliphatic heterocycles. The molecule has 0 aliphatic carbocycles. The summed E-state index contributed by atoms with van der Waals surface area (Å²) in [6.07, 6.45) is 0. The van der Waals surface area contributed by atoms with Crippen LogP contribution in [0.5, 0.6) is 0 Å². The van der Waals surface area contributed by atoms with Gasteiger partial charge in [-0.2, -0.15) is 4.79 Å². The van der Waals surface area contributed by atoms with E-state index in [9.17, 15) is 4.48 Å². The lowest BCUT2D eigenvalue weighted by Gasteiger charge is -2.06. The SMILES string of the molecule is Cc1ccc(-c2cc3ccccc3n2F)c(C)c1. The van der Waals surface area contributed by atoms with Gasteiger partial charge in [0.2, 0.25) is 0 Å². The lowest BCUT2D eigenvalue weighted by Crippen LogP contribution is -1.89. The van der Waals surface area contributed by atoms with Gasteiger partial charge in [-0.05, 0) is 31.5 Å². The van der Waals surface area contributed by atoms with E-state index in [0.717, 1.165) is 21.3 Å². The monoisotopic (exact) mass is 239 g/mol. The number of hydrogen-bond donors (Lipinski definition) is 0. The molecule has 2 heteroatoms. The van der Waals surface area contributed by atoms with E-state index in [2.05, 4.69) is 6.07 Å². The van der Waals surface area contributed by atoms with Gasteiger partial charge in [0, 0.05) is 10.9 Å². The highest BCUT2D eigenvalue weighted by Gasteiger charge is 2.11. The zero-order valence-corrected chi connectivity index (χ0v) is 10.4. The zero-order valence-electron chi connectivity index (χ0n) is 10.4. The van der Waals surface area contributed by atoms with E-state index in [-0.39, 0.29) is 0 Å². The Bertz CT molecular complexity index is 725. The summed E-state index contributed by atoms with van der Waals surface area (Å²) in [7, 11) is 0. The quantitative estimate of drug-likeness (QED) is 0.582. The summed E-state index contributed by atoms with van der Waals surface area (Å²) in [5.41, 5.74) is 4.47. The van der Waals surface area contributed by atoms with Gasteiger partial charge in [0.05, 0.1) is 11.2 Å². The van der Waals surface area contributed by atoms with Gasteiger partial charge < -0.3 is 0 Å². The standard InChI is InChI=1S/C16H14FN/c1-11-7-8-14(12(2)9-11)16-10-13-5-3-4-6-15(13)18(16)17/h3-10H,1-2H3. The molecule has 3 aromatic rings. The summed E-state index contributed by atoms with van der Waals surface area (Å²) in [6.45, 7) is 4.06. The van der Waals surface area contributed by atoms with E-state index in [1.807, 2.05) is 50.2 Å². The number of fused-ring (bicyclic) bond motifs is 1. The molecule has 2 aromatic carbocycles. The smallest absolute Gasteiger partial charge is 0.0828 e. The van der Waals surface area contributed by atoms with Gasteiger partial charge in [0.25, 0.3) is 0 Å². The van der Waals surface area contributed by atoms with Crippen molar-refractivity contribution in [3.05, 3.63) is 59.7 Å². The summed E-state index contributed by atoms with van der Waals surface area (Å²) in [5.74, 6) is 0. The number of para-hydroxylation sites is 1. The second kappa shape index (κ2) is 3.98. The molecule has 3 rings (SSSR count). The van der Waals surface area contributed by atoms with Crippen LogP contribution in [-0.4, -0.2) is 4.79 Å². The van der Waals surface area contributed by atoms with Gasteiger partial charge in [-0.15, -0.1) is 0 Å². The Kier molecular flexibility index (Phi) is 2.44. The predicted molar refractivity (Wildman–Crippen MR) is 73.4 cm³/mol. The molecule has 0 radical (unpaired) electrons. The van der Waals surface area contributed by atoms with Gasteiger partial charge in [0.15, 0.2) is 0 Å². The molecule has 0 unspecified atom stereocenters. The van der Waals surface area contributed by atoms with Crippen molar-refractivity contribution >= 4 is 10.9 Å². The first kappa shape index (κ1) is 11.0. The Morgan fingerprint density at radius 2 is 1.72 bits per heavy atom. The van der Waals surface area contributed by atoms with Crippen LogP contribution in [0.25, 0.3) is 22.2 Å². The summed E-state index contributed by atoms with van der Waals surface area (Å²) in [4.78, 5) is 0.771. The number of halogens is 1. The van der Waals surface area contributed by atoms with Crippen LogP contribution in [-0.2, 0) is 0 Å². The maximum Gasteiger partial charge on any atom is 0.0828 e. The number of aromatic nitrogens is 1. The molecule has 0 saturated heterocycles. The van der Waals surface area contributed by atoms with Crippen LogP contribution in [0.1, 0.15) is 11.1 Å². The Hall–Kier alpha value is -2.09. The second-order valence-corrected chi connectivity index (χ2v) is 4.69. The van der Waals surface area contributed by atoms with Crippen molar-refractivity contribution in [1.82, 2.24) is 4.79 Å². The number of nitrogens with zero attached hydrogens (tertiary/aromatic N) is 1. The fraction of sp³-hybridized carbons (Fsp3) is 0.125. The van der Waals surface area contributed by atoms with Crippen LogP contribution in [0.4, 0.5) is 4.48 Å². The summed E-state index contributed by atoms with van der Waals surface area (Å²) < 4.78 is 14.3. The van der Waals surface area contributed by atoms with Crippen molar-refractivity contribution in [3.63, 3.8) is 0 Å². The van der Waals surface area contributed by atoms with Crippen LogP contribution < -0.4 is 0 Å². The molecular weight excluding hydrogens is 225 g/mol. The molecule has 90 valence electrons. The first-order valence-electron chi connectivity index (χ1n) is 6.01. The average Bonchev–Trinajstić information content (AvgIpc) is 2.68. The fourth-order valence-electron chi connectivity index (χ4n) is 2.41. The maximum absolute atomic E-state index is 14.3. The van der Waals surface area contributed by atoms with Crippen molar-refractivity contribution in [1.29, 1.82) is 0 Å². The van der Waals surface area contributed by atoms with E-state index >= 15 is 0 Å². The van der Waals surface area contributed by atoms with E-state index in [1.165, 1.54) is 5.56 Å². The minimum Gasteiger partial charge on any atom is -0.179 e. The molecule has 0 saturated carbocycles. The molecule has 0 atom stereocenters. The minimum absolute atomic E-state index is 0.618. The largest absolute Gasteiger partial charge is 0.179 e. The van der Waals surface area contributed by atoms with Gasteiger partial charge in [-0.25, -0.2) is 0 Å². The lowest BCUT2D eigenvalue weighted by molar-refractivity contribution is 0.394. The van der Waals surface area contributed by atoms with Crippen LogP contribution in [0, 0.1) is 13.8 Å². The van der Waals surface area contributed by atoms with Crippen molar-refractivity contribution in [2.24, 2.45) is 0 Å². The van der Waals surface area contributed by atoms with E-state index < -0.39 is 0 Å². The van der Waals surface area contributed by atoms with Gasteiger partial charge in [0.1, 0.15) is 0 Å². The number of aryl methyl sites for hydroxylation is 2. The summed E-state index contributed by atoms with van der Waals surface area (Å²) >= 11 is 0. The molecule has 0 N–H and O–H groups in total. The van der Waals surface area contributed by atoms with Crippen molar-refractivity contribution in [3.8, 4) is 11.3 Å². The summed E-state index contributed by atoms with van der Waals surface area (Å²) in [6, 6.07) is 15.5. The van der Waals surface area contributed by atoms with Gasteiger partial charge in [-0.1, -0.05) is 46.4 Å². The Morgan fingerprint density at radius 3 is 2.44 bits per heavy atom.